The molecule has 0 amide bonds. The van der Waals surface area contributed by atoms with E-state index >= 15 is 0 Å². The van der Waals surface area contributed by atoms with Gasteiger partial charge >= 0.3 is 0 Å². The number of methoxy groups -OCH3 is 1. The van der Waals surface area contributed by atoms with Crippen LogP contribution in [0.4, 0.5) is 0 Å². The van der Waals surface area contributed by atoms with Gasteiger partial charge in [-0.1, -0.05) is 13.8 Å². The molecule has 1 fully saturated rings. The molecule has 0 aromatic rings. The molecule has 3 atom stereocenters. The summed E-state index contributed by atoms with van der Waals surface area (Å²) in [6.07, 6.45) is 5.36. The Hall–Kier alpha value is -0.120. The lowest BCUT2D eigenvalue weighted by atomic mass is 9.97. The van der Waals surface area contributed by atoms with Crippen molar-refractivity contribution < 1.29 is 14.6 Å². The summed E-state index contributed by atoms with van der Waals surface area (Å²) < 4.78 is 10.9. The lowest BCUT2D eigenvalue weighted by Crippen LogP contribution is -2.32. The lowest BCUT2D eigenvalue weighted by Gasteiger charge is -2.25. The first-order valence-electron chi connectivity index (χ1n) is 6.47. The van der Waals surface area contributed by atoms with Crippen molar-refractivity contribution in [1.82, 2.24) is 0 Å². The molecule has 1 rings (SSSR count). The highest BCUT2D eigenvalue weighted by molar-refractivity contribution is 4.73. The normalized spacial score (nSPS) is 24.9. The topological polar surface area (TPSA) is 38.7 Å². The van der Waals surface area contributed by atoms with Crippen LogP contribution >= 0.6 is 0 Å². The van der Waals surface area contributed by atoms with E-state index in [2.05, 4.69) is 13.8 Å². The molecule has 1 N–H and O–H groups in total. The smallest absolute Gasteiger partial charge is 0.0852 e. The number of aliphatic hydroxyl groups excluding tert-OH is 1. The zero-order chi connectivity index (χ0) is 12.0. The van der Waals surface area contributed by atoms with Crippen molar-refractivity contribution >= 4 is 0 Å². The van der Waals surface area contributed by atoms with Gasteiger partial charge in [0.1, 0.15) is 0 Å². The van der Waals surface area contributed by atoms with Crippen molar-refractivity contribution in [2.45, 2.75) is 64.3 Å². The molecule has 1 aliphatic rings. The third-order valence-electron chi connectivity index (χ3n) is 3.36. The van der Waals surface area contributed by atoms with Gasteiger partial charge in [0.2, 0.25) is 0 Å². The Morgan fingerprint density at radius 1 is 1.44 bits per heavy atom. The molecule has 0 bridgehead atoms. The second-order valence-corrected chi connectivity index (χ2v) is 5.08. The van der Waals surface area contributed by atoms with E-state index < -0.39 is 0 Å². The van der Waals surface area contributed by atoms with Crippen LogP contribution in [0.5, 0.6) is 0 Å². The van der Waals surface area contributed by atoms with Gasteiger partial charge in [-0.25, -0.2) is 0 Å². The fraction of sp³-hybridized carbons (Fsp3) is 1.00. The highest BCUT2D eigenvalue weighted by Gasteiger charge is 2.22. The number of aliphatic hydroxyl groups is 1. The second kappa shape index (κ2) is 7.25. The quantitative estimate of drug-likeness (QED) is 0.729. The third kappa shape index (κ3) is 4.40. The highest BCUT2D eigenvalue weighted by atomic mass is 16.5. The lowest BCUT2D eigenvalue weighted by molar-refractivity contribution is -0.0426. The molecule has 16 heavy (non-hydrogen) atoms. The van der Waals surface area contributed by atoms with E-state index in [0.29, 0.717) is 12.0 Å². The Labute approximate surface area is 99.1 Å². The fourth-order valence-corrected chi connectivity index (χ4v) is 2.46. The SMILES string of the molecule is COC(C(C)C)C(O)CCCC1CCCO1. The molecule has 1 aliphatic heterocycles. The van der Waals surface area contributed by atoms with E-state index in [1.54, 1.807) is 7.11 Å². The first kappa shape index (κ1) is 13.9. The van der Waals surface area contributed by atoms with Gasteiger partial charge in [0.05, 0.1) is 18.3 Å². The predicted octanol–water partition coefficient (Wildman–Crippen LogP) is 2.37. The Morgan fingerprint density at radius 2 is 2.19 bits per heavy atom. The zero-order valence-electron chi connectivity index (χ0n) is 10.8. The molecule has 0 spiro atoms. The van der Waals surface area contributed by atoms with Crippen LogP contribution in [0.15, 0.2) is 0 Å². The number of hydrogen-bond donors (Lipinski definition) is 1. The van der Waals surface area contributed by atoms with Crippen molar-refractivity contribution in [2.24, 2.45) is 5.92 Å². The maximum atomic E-state index is 9.99. The van der Waals surface area contributed by atoms with Gasteiger partial charge in [0.25, 0.3) is 0 Å². The molecule has 0 saturated carbocycles. The second-order valence-electron chi connectivity index (χ2n) is 5.08. The summed E-state index contributed by atoms with van der Waals surface area (Å²) in [5.74, 6) is 0.364. The molecular formula is C13H26O3. The Kier molecular flexibility index (Phi) is 6.32. The Morgan fingerprint density at radius 3 is 2.69 bits per heavy atom. The third-order valence-corrected chi connectivity index (χ3v) is 3.36. The van der Waals surface area contributed by atoms with Gasteiger partial charge in [-0.3, -0.25) is 0 Å². The average molecular weight is 230 g/mol. The van der Waals surface area contributed by atoms with E-state index in [1.807, 2.05) is 0 Å². The minimum atomic E-state index is -0.341. The minimum absolute atomic E-state index is 0.0375. The molecule has 1 heterocycles. The molecule has 0 aromatic carbocycles. The summed E-state index contributed by atoms with van der Waals surface area (Å²) in [4.78, 5) is 0. The molecule has 1 saturated heterocycles. The molecule has 0 aliphatic carbocycles. The van der Waals surface area contributed by atoms with Crippen LogP contribution in [0.25, 0.3) is 0 Å². The summed E-state index contributed by atoms with van der Waals surface area (Å²) in [5.41, 5.74) is 0. The van der Waals surface area contributed by atoms with Crippen molar-refractivity contribution in [3.63, 3.8) is 0 Å². The molecule has 0 aromatic heterocycles. The molecular weight excluding hydrogens is 204 g/mol. The summed E-state index contributed by atoms with van der Waals surface area (Å²) in [7, 11) is 1.67. The van der Waals surface area contributed by atoms with Gasteiger partial charge in [-0.05, 0) is 38.0 Å². The van der Waals surface area contributed by atoms with Gasteiger partial charge < -0.3 is 14.6 Å². The molecule has 3 unspecified atom stereocenters. The Bertz CT molecular complexity index is 176. The van der Waals surface area contributed by atoms with E-state index in [9.17, 15) is 5.11 Å². The first-order valence-corrected chi connectivity index (χ1v) is 6.47. The van der Waals surface area contributed by atoms with E-state index in [4.69, 9.17) is 9.47 Å². The molecule has 3 nitrogen and oxygen atoms in total. The van der Waals surface area contributed by atoms with E-state index in [1.165, 1.54) is 12.8 Å². The average Bonchev–Trinajstić information content (AvgIpc) is 2.71. The minimum Gasteiger partial charge on any atom is -0.390 e. The van der Waals surface area contributed by atoms with E-state index in [-0.39, 0.29) is 12.2 Å². The van der Waals surface area contributed by atoms with Crippen LogP contribution in [-0.2, 0) is 9.47 Å². The van der Waals surface area contributed by atoms with Crippen molar-refractivity contribution in [3.8, 4) is 0 Å². The summed E-state index contributed by atoms with van der Waals surface area (Å²) in [6.45, 7) is 5.08. The first-order chi connectivity index (χ1) is 7.65. The van der Waals surface area contributed by atoms with Crippen molar-refractivity contribution in [2.75, 3.05) is 13.7 Å². The maximum absolute atomic E-state index is 9.99. The Balaban J connectivity index is 2.15. The number of ether oxygens (including phenoxy) is 2. The van der Waals surface area contributed by atoms with E-state index in [0.717, 1.165) is 25.9 Å². The molecule has 96 valence electrons. The van der Waals surface area contributed by atoms with Gasteiger partial charge in [-0.15, -0.1) is 0 Å². The van der Waals surface area contributed by atoms with Crippen molar-refractivity contribution in [1.29, 1.82) is 0 Å². The number of hydrogen-bond acceptors (Lipinski definition) is 3. The summed E-state index contributed by atoms with van der Waals surface area (Å²) in [5, 5.41) is 9.99. The highest BCUT2D eigenvalue weighted by Crippen LogP contribution is 2.20. The fourth-order valence-electron chi connectivity index (χ4n) is 2.46. The summed E-state index contributed by atoms with van der Waals surface area (Å²) in [6, 6.07) is 0. The molecule has 3 heteroatoms. The van der Waals surface area contributed by atoms with Crippen LogP contribution < -0.4 is 0 Å². The van der Waals surface area contributed by atoms with Gasteiger partial charge in [0.15, 0.2) is 0 Å². The van der Waals surface area contributed by atoms with Gasteiger partial charge in [-0.2, -0.15) is 0 Å². The monoisotopic (exact) mass is 230 g/mol. The standard InChI is InChI=1S/C13H26O3/c1-10(2)13(15-3)12(14)8-4-6-11-7-5-9-16-11/h10-14H,4-9H2,1-3H3. The maximum Gasteiger partial charge on any atom is 0.0852 e. The van der Waals surface area contributed by atoms with Crippen molar-refractivity contribution in [3.05, 3.63) is 0 Å². The summed E-state index contributed by atoms with van der Waals surface area (Å²) >= 11 is 0. The van der Waals surface area contributed by atoms with Crippen LogP contribution in [0.2, 0.25) is 0 Å². The largest absolute Gasteiger partial charge is 0.390 e. The van der Waals surface area contributed by atoms with Gasteiger partial charge in [0, 0.05) is 13.7 Å². The number of rotatable bonds is 7. The van der Waals surface area contributed by atoms with Crippen LogP contribution in [0.3, 0.4) is 0 Å². The van der Waals surface area contributed by atoms with Crippen LogP contribution in [0, 0.1) is 5.92 Å². The van der Waals surface area contributed by atoms with Crippen LogP contribution in [-0.4, -0.2) is 37.1 Å². The predicted molar refractivity (Wildman–Crippen MR) is 64.5 cm³/mol. The molecule has 0 radical (unpaired) electrons. The van der Waals surface area contributed by atoms with Crippen LogP contribution in [0.1, 0.15) is 46.0 Å². The zero-order valence-corrected chi connectivity index (χ0v) is 10.8.